The van der Waals surface area contributed by atoms with Gasteiger partial charge in [0, 0.05) is 30.1 Å². The molecule has 0 fully saturated rings. The van der Waals surface area contributed by atoms with E-state index in [-0.39, 0.29) is 18.4 Å². The summed E-state index contributed by atoms with van der Waals surface area (Å²) in [5.41, 5.74) is 4.17. The highest BCUT2D eigenvalue weighted by Gasteiger charge is 2.21. The fourth-order valence-corrected chi connectivity index (χ4v) is 3.53. The summed E-state index contributed by atoms with van der Waals surface area (Å²) in [7, 11) is 0. The van der Waals surface area contributed by atoms with E-state index >= 15 is 0 Å². The van der Waals surface area contributed by atoms with Crippen LogP contribution in [0.5, 0.6) is 5.75 Å². The van der Waals surface area contributed by atoms with E-state index in [1.54, 1.807) is 35.0 Å². The topological polar surface area (TPSA) is 136 Å². The lowest BCUT2D eigenvalue weighted by Crippen LogP contribution is -2.25. The number of aromatic nitrogens is 3. The van der Waals surface area contributed by atoms with Crippen LogP contribution in [0.25, 0.3) is 16.9 Å². The number of anilines is 4. The van der Waals surface area contributed by atoms with Gasteiger partial charge in [-0.1, -0.05) is 0 Å². The number of hydrogen-bond donors (Lipinski definition) is 4. The van der Waals surface area contributed by atoms with Gasteiger partial charge in [0.1, 0.15) is 23.1 Å². The van der Waals surface area contributed by atoms with Crippen molar-refractivity contribution in [1.29, 1.82) is 5.26 Å². The van der Waals surface area contributed by atoms with Crippen molar-refractivity contribution in [2.45, 2.75) is 6.92 Å². The van der Waals surface area contributed by atoms with Crippen LogP contribution in [0, 0.1) is 11.3 Å². The Kier molecular flexibility index (Phi) is 4.49. The fourth-order valence-electron chi connectivity index (χ4n) is 3.53. The maximum atomic E-state index is 11.7. The van der Waals surface area contributed by atoms with Crippen LogP contribution in [-0.4, -0.2) is 33.0 Å². The number of fused-ring (bicyclic) bond motifs is 2. The molecular formula is C22H17N7O3. The van der Waals surface area contributed by atoms with E-state index in [4.69, 9.17) is 4.74 Å². The first-order chi connectivity index (χ1) is 15.5. The van der Waals surface area contributed by atoms with E-state index in [0.717, 1.165) is 11.3 Å². The number of nitrogens with one attached hydrogen (secondary N) is 4. The molecule has 158 valence electrons. The minimum absolute atomic E-state index is 0.0212. The molecule has 0 atom stereocenters. The van der Waals surface area contributed by atoms with Gasteiger partial charge < -0.3 is 20.7 Å². The predicted octanol–water partition coefficient (Wildman–Crippen LogP) is 3.23. The van der Waals surface area contributed by atoms with Crippen molar-refractivity contribution < 1.29 is 14.3 Å². The summed E-state index contributed by atoms with van der Waals surface area (Å²) < 4.78 is 7.12. The lowest BCUT2D eigenvalue weighted by molar-refractivity contribution is -0.118. The Hall–Kier alpha value is -4.78. The smallest absolute Gasteiger partial charge is 0.262 e. The predicted molar refractivity (Wildman–Crippen MR) is 118 cm³/mol. The van der Waals surface area contributed by atoms with Gasteiger partial charge in [0.15, 0.2) is 18.1 Å². The van der Waals surface area contributed by atoms with Crippen LogP contribution in [0.2, 0.25) is 0 Å². The molecule has 3 heterocycles. The second kappa shape index (κ2) is 7.48. The maximum Gasteiger partial charge on any atom is 0.262 e. The van der Waals surface area contributed by atoms with Crippen LogP contribution in [0.3, 0.4) is 0 Å². The first-order valence-electron chi connectivity index (χ1n) is 9.73. The summed E-state index contributed by atoms with van der Waals surface area (Å²) in [4.78, 5) is 27.6. The van der Waals surface area contributed by atoms with Gasteiger partial charge in [-0.2, -0.15) is 5.26 Å². The van der Waals surface area contributed by atoms with Crippen LogP contribution < -0.4 is 20.7 Å². The Morgan fingerprint density at radius 3 is 2.75 bits per heavy atom. The van der Waals surface area contributed by atoms with Crippen LogP contribution >= 0.6 is 0 Å². The van der Waals surface area contributed by atoms with Crippen molar-refractivity contribution in [3.63, 3.8) is 0 Å². The van der Waals surface area contributed by atoms with Crippen molar-refractivity contribution in [3.05, 3.63) is 54.2 Å². The summed E-state index contributed by atoms with van der Waals surface area (Å²) in [6.07, 6.45) is 1.58. The SMILES string of the molecule is CC(=O)Nc1ccc(Nc2c(-c3ccc4c(c3)NC(=O)CO4)nc3c(C#N)c[nH]n23)cc1. The monoisotopic (exact) mass is 427 g/mol. The van der Waals surface area contributed by atoms with Gasteiger partial charge in [-0.05, 0) is 42.5 Å². The largest absolute Gasteiger partial charge is 0.482 e. The molecule has 2 aromatic carbocycles. The van der Waals surface area contributed by atoms with E-state index in [1.165, 1.54) is 6.92 Å². The van der Waals surface area contributed by atoms with Gasteiger partial charge >= 0.3 is 0 Å². The highest BCUT2D eigenvalue weighted by atomic mass is 16.5. The molecule has 2 aromatic heterocycles. The molecule has 10 nitrogen and oxygen atoms in total. The molecule has 0 unspecified atom stereocenters. The van der Waals surface area contributed by atoms with E-state index in [2.05, 4.69) is 32.1 Å². The molecule has 2 amide bonds. The first-order valence-corrected chi connectivity index (χ1v) is 9.73. The molecule has 5 rings (SSSR count). The van der Waals surface area contributed by atoms with Crippen LogP contribution in [-0.2, 0) is 9.59 Å². The van der Waals surface area contributed by atoms with Gasteiger partial charge in [0.2, 0.25) is 5.91 Å². The number of aromatic amines is 1. The summed E-state index contributed by atoms with van der Waals surface area (Å²) in [6, 6.07) is 14.7. The highest BCUT2D eigenvalue weighted by molar-refractivity contribution is 5.96. The molecule has 0 saturated heterocycles. The summed E-state index contributed by atoms with van der Waals surface area (Å²) in [6.45, 7) is 1.43. The zero-order chi connectivity index (χ0) is 22.2. The Morgan fingerprint density at radius 2 is 2.00 bits per heavy atom. The number of nitrogens with zero attached hydrogens (tertiary/aromatic N) is 3. The number of rotatable bonds is 4. The number of carbonyl (C=O) groups excluding carboxylic acids is 2. The Balaban J connectivity index is 1.58. The van der Waals surface area contributed by atoms with Crippen LogP contribution in [0.15, 0.2) is 48.7 Å². The molecule has 4 N–H and O–H groups in total. The van der Waals surface area contributed by atoms with Gasteiger partial charge in [0.25, 0.3) is 5.91 Å². The number of benzene rings is 2. The number of imidazole rings is 1. The number of amides is 2. The molecule has 0 radical (unpaired) electrons. The molecule has 0 bridgehead atoms. The average Bonchev–Trinajstić information content (AvgIpc) is 3.34. The molecule has 0 saturated carbocycles. The quantitative estimate of drug-likeness (QED) is 0.395. The van der Waals surface area contributed by atoms with Crippen LogP contribution in [0.1, 0.15) is 12.5 Å². The molecule has 4 aromatic rings. The number of nitriles is 1. The zero-order valence-electron chi connectivity index (χ0n) is 16.9. The number of carbonyl (C=O) groups is 2. The zero-order valence-corrected chi connectivity index (χ0v) is 16.9. The highest BCUT2D eigenvalue weighted by Crippen LogP contribution is 2.37. The summed E-state index contributed by atoms with van der Waals surface area (Å²) in [5, 5.41) is 21.3. The third kappa shape index (κ3) is 3.37. The van der Waals surface area contributed by atoms with Gasteiger partial charge in [-0.25, -0.2) is 9.50 Å². The molecule has 32 heavy (non-hydrogen) atoms. The summed E-state index contributed by atoms with van der Waals surface area (Å²) >= 11 is 0. The van der Waals surface area contributed by atoms with Gasteiger partial charge in [-0.15, -0.1) is 0 Å². The standard InChI is InChI=1S/C22H17N7O3/c1-12(30)25-15-3-5-16(6-4-15)26-22-20(28-21-14(9-23)10-24-29(21)22)13-2-7-18-17(8-13)27-19(31)11-32-18/h2-8,10,24,26H,11H2,1H3,(H,25,30)(H,27,31). The lowest BCUT2D eigenvalue weighted by Gasteiger charge is -2.18. The molecule has 0 aliphatic carbocycles. The maximum absolute atomic E-state index is 11.7. The molecule has 1 aliphatic heterocycles. The Bertz CT molecular complexity index is 1410. The molecule has 10 heteroatoms. The number of H-pyrrole nitrogens is 1. The first kappa shape index (κ1) is 19.2. The van der Waals surface area contributed by atoms with Crippen molar-refractivity contribution in [2.24, 2.45) is 0 Å². The van der Waals surface area contributed by atoms with Gasteiger partial charge in [0.05, 0.1) is 5.69 Å². The Morgan fingerprint density at radius 1 is 1.22 bits per heavy atom. The third-order valence-corrected chi connectivity index (χ3v) is 4.93. The van der Waals surface area contributed by atoms with Crippen molar-refractivity contribution in [1.82, 2.24) is 14.6 Å². The second-order valence-electron chi connectivity index (χ2n) is 7.20. The minimum atomic E-state index is -0.226. The van der Waals surface area contributed by atoms with Crippen molar-refractivity contribution in [3.8, 4) is 23.1 Å². The molecule has 0 spiro atoms. The minimum Gasteiger partial charge on any atom is -0.482 e. The van der Waals surface area contributed by atoms with E-state index in [1.807, 2.05) is 18.2 Å². The van der Waals surface area contributed by atoms with Gasteiger partial charge in [-0.3, -0.25) is 14.7 Å². The van der Waals surface area contributed by atoms with Crippen LogP contribution in [0.4, 0.5) is 22.9 Å². The lowest BCUT2D eigenvalue weighted by atomic mass is 10.1. The van der Waals surface area contributed by atoms with Crippen molar-refractivity contribution >= 4 is 40.3 Å². The van der Waals surface area contributed by atoms with Crippen molar-refractivity contribution in [2.75, 3.05) is 22.6 Å². The number of hydrogen-bond acceptors (Lipinski definition) is 6. The van der Waals surface area contributed by atoms with E-state index < -0.39 is 0 Å². The van der Waals surface area contributed by atoms with E-state index in [9.17, 15) is 14.9 Å². The Labute approximate surface area is 181 Å². The fraction of sp³-hybridized carbons (Fsp3) is 0.0909. The summed E-state index contributed by atoms with van der Waals surface area (Å²) in [5.74, 6) is 0.816. The molecular weight excluding hydrogens is 410 g/mol. The third-order valence-electron chi connectivity index (χ3n) is 4.93. The second-order valence-corrected chi connectivity index (χ2v) is 7.20. The van der Waals surface area contributed by atoms with E-state index in [0.29, 0.717) is 39.8 Å². The number of ether oxygens (including phenoxy) is 1. The molecule has 1 aliphatic rings. The average molecular weight is 427 g/mol. The normalized spacial score (nSPS) is 12.4.